The maximum atomic E-state index is 10.8. The molecule has 0 saturated heterocycles. The van der Waals surface area contributed by atoms with Crippen molar-refractivity contribution in [3.05, 3.63) is 30.1 Å². The monoisotopic (exact) mass is 205 g/mol. The van der Waals surface area contributed by atoms with Gasteiger partial charge in [0.15, 0.2) is 0 Å². The third kappa shape index (κ3) is 3.05. The first-order valence-corrected chi connectivity index (χ1v) is 5.38. The summed E-state index contributed by atoms with van der Waals surface area (Å²) in [6.45, 7) is 0. The third-order valence-electron chi connectivity index (χ3n) is 2.84. The van der Waals surface area contributed by atoms with Gasteiger partial charge in [0, 0.05) is 17.8 Å². The Hall–Kier alpha value is -1.38. The molecule has 0 aromatic carbocycles. The zero-order chi connectivity index (χ0) is 10.7. The van der Waals surface area contributed by atoms with Crippen LogP contribution in [0.25, 0.3) is 0 Å². The van der Waals surface area contributed by atoms with Crippen LogP contribution in [-0.4, -0.2) is 16.1 Å². The largest absolute Gasteiger partial charge is 0.481 e. The Balaban J connectivity index is 2.06. The average molecular weight is 205 g/mol. The molecule has 0 bridgehead atoms. The van der Waals surface area contributed by atoms with Crippen LogP contribution in [0, 0.1) is 5.92 Å². The minimum Gasteiger partial charge on any atom is -0.481 e. The minimum atomic E-state index is -0.730. The van der Waals surface area contributed by atoms with E-state index in [1.54, 1.807) is 6.20 Å². The van der Waals surface area contributed by atoms with Gasteiger partial charge in [0.2, 0.25) is 0 Å². The summed E-state index contributed by atoms with van der Waals surface area (Å²) < 4.78 is 0. The molecule has 0 amide bonds. The highest BCUT2D eigenvalue weighted by atomic mass is 16.4. The number of hydrogen-bond donors (Lipinski definition) is 1. The summed E-state index contributed by atoms with van der Waals surface area (Å²) in [5, 5.41) is 8.85. The van der Waals surface area contributed by atoms with Crippen molar-refractivity contribution in [3.63, 3.8) is 0 Å². The zero-order valence-electron chi connectivity index (χ0n) is 8.60. The fourth-order valence-electron chi connectivity index (χ4n) is 1.89. The molecule has 1 saturated carbocycles. The molecule has 1 aliphatic carbocycles. The van der Waals surface area contributed by atoms with Crippen molar-refractivity contribution in [3.8, 4) is 0 Å². The van der Waals surface area contributed by atoms with Crippen LogP contribution < -0.4 is 0 Å². The lowest BCUT2D eigenvalue weighted by molar-refractivity contribution is -0.137. The highest BCUT2D eigenvalue weighted by Crippen LogP contribution is 2.39. The van der Waals surface area contributed by atoms with Crippen molar-refractivity contribution in [1.29, 1.82) is 0 Å². The molecule has 1 atom stereocenters. The van der Waals surface area contributed by atoms with Crippen LogP contribution in [0.3, 0.4) is 0 Å². The number of carbonyl (C=O) groups is 1. The molecule has 1 fully saturated rings. The van der Waals surface area contributed by atoms with Gasteiger partial charge in [0.25, 0.3) is 0 Å². The summed E-state index contributed by atoms with van der Waals surface area (Å²) in [5.74, 6) is 0.0962. The minimum absolute atomic E-state index is 0.0937. The van der Waals surface area contributed by atoms with Gasteiger partial charge < -0.3 is 5.11 Å². The Labute approximate surface area is 89.2 Å². The van der Waals surface area contributed by atoms with E-state index in [4.69, 9.17) is 5.11 Å². The number of hydrogen-bond acceptors (Lipinski definition) is 2. The highest BCUT2D eigenvalue weighted by Gasteiger charge is 2.28. The molecule has 1 aliphatic rings. The molecule has 1 heterocycles. The topological polar surface area (TPSA) is 50.2 Å². The second-order valence-corrected chi connectivity index (χ2v) is 4.23. The Kier molecular flexibility index (Phi) is 2.99. The Morgan fingerprint density at radius 1 is 1.53 bits per heavy atom. The molecule has 0 radical (unpaired) electrons. The molecule has 3 heteroatoms. The van der Waals surface area contributed by atoms with Crippen molar-refractivity contribution in [2.24, 2.45) is 5.92 Å². The van der Waals surface area contributed by atoms with Gasteiger partial charge in [-0.25, -0.2) is 0 Å². The normalized spacial score (nSPS) is 17.3. The lowest BCUT2D eigenvalue weighted by atomic mass is 9.94. The maximum absolute atomic E-state index is 10.8. The Bertz CT molecular complexity index is 333. The quantitative estimate of drug-likeness (QED) is 0.803. The fraction of sp³-hybridized carbons (Fsp3) is 0.500. The fourth-order valence-corrected chi connectivity index (χ4v) is 1.89. The number of pyridine rings is 1. The van der Waals surface area contributed by atoms with Crippen LogP contribution >= 0.6 is 0 Å². The summed E-state index contributed by atoms with van der Waals surface area (Å²) in [7, 11) is 0. The molecular formula is C12H15NO2. The van der Waals surface area contributed by atoms with Gasteiger partial charge in [-0.3, -0.25) is 9.78 Å². The number of aromatic nitrogens is 1. The van der Waals surface area contributed by atoms with Gasteiger partial charge in [-0.2, -0.15) is 0 Å². The van der Waals surface area contributed by atoms with E-state index < -0.39 is 5.97 Å². The van der Waals surface area contributed by atoms with Crippen LogP contribution in [0.2, 0.25) is 0 Å². The van der Waals surface area contributed by atoms with E-state index in [-0.39, 0.29) is 12.3 Å². The summed E-state index contributed by atoms with van der Waals surface area (Å²) in [5.41, 5.74) is 0.923. The average Bonchev–Trinajstić information content (AvgIpc) is 3.01. The number of carboxylic acid groups (broad SMARTS) is 1. The smallest absolute Gasteiger partial charge is 0.304 e. The SMILES string of the molecule is O=C(O)CC(CC1CC1)c1ccccn1. The first-order chi connectivity index (χ1) is 7.25. The van der Waals surface area contributed by atoms with Crippen molar-refractivity contribution >= 4 is 5.97 Å². The summed E-state index contributed by atoms with van der Waals surface area (Å²) >= 11 is 0. The van der Waals surface area contributed by atoms with E-state index in [1.807, 2.05) is 18.2 Å². The van der Waals surface area contributed by atoms with Crippen LogP contribution in [0.1, 0.15) is 37.3 Å². The van der Waals surface area contributed by atoms with Crippen molar-refractivity contribution in [2.75, 3.05) is 0 Å². The lowest BCUT2D eigenvalue weighted by Crippen LogP contribution is -2.08. The summed E-state index contributed by atoms with van der Waals surface area (Å²) in [4.78, 5) is 15.0. The predicted octanol–water partition coefficient (Wildman–Crippen LogP) is 2.44. The molecule has 1 aromatic rings. The van der Waals surface area contributed by atoms with Crippen LogP contribution in [0.15, 0.2) is 24.4 Å². The van der Waals surface area contributed by atoms with E-state index in [9.17, 15) is 4.79 Å². The lowest BCUT2D eigenvalue weighted by Gasteiger charge is -2.13. The zero-order valence-corrected chi connectivity index (χ0v) is 8.60. The summed E-state index contributed by atoms with van der Waals surface area (Å²) in [6.07, 6.45) is 5.42. The molecule has 0 aliphatic heterocycles. The molecule has 2 rings (SSSR count). The van der Waals surface area contributed by atoms with Crippen molar-refractivity contribution in [1.82, 2.24) is 4.98 Å². The molecule has 3 nitrogen and oxygen atoms in total. The molecule has 1 unspecified atom stereocenters. The van der Waals surface area contributed by atoms with E-state index in [2.05, 4.69) is 4.98 Å². The van der Waals surface area contributed by atoms with Crippen LogP contribution in [0.5, 0.6) is 0 Å². The maximum Gasteiger partial charge on any atom is 0.304 e. The summed E-state index contributed by atoms with van der Waals surface area (Å²) in [6, 6.07) is 5.71. The first kappa shape index (κ1) is 10.1. The number of rotatable bonds is 5. The molecule has 1 aromatic heterocycles. The van der Waals surface area contributed by atoms with E-state index >= 15 is 0 Å². The van der Waals surface area contributed by atoms with E-state index in [0.717, 1.165) is 18.0 Å². The van der Waals surface area contributed by atoms with E-state index in [1.165, 1.54) is 12.8 Å². The van der Waals surface area contributed by atoms with E-state index in [0.29, 0.717) is 0 Å². The van der Waals surface area contributed by atoms with Gasteiger partial charge in [-0.1, -0.05) is 18.9 Å². The van der Waals surface area contributed by atoms with Gasteiger partial charge >= 0.3 is 5.97 Å². The van der Waals surface area contributed by atoms with Crippen molar-refractivity contribution < 1.29 is 9.90 Å². The molecule has 80 valence electrons. The third-order valence-corrected chi connectivity index (χ3v) is 2.84. The second-order valence-electron chi connectivity index (χ2n) is 4.23. The van der Waals surface area contributed by atoms with Gasteiger partial charge in [0.1, 0.15) is 0 Å². The Morgan fingerprint density at radius 2 is 2.33 bits per heavy atom. The van der Waals surface area contributed by atoms with Gasteiger partial charge in [-0.15, -0.1) is 0 Å². The number of nitrogens with zero attached hydrogens (tertiary/aromatic N) is 1. The second kappa shape index (κ2) is 4.43. The molecule has 0 spiro atoms. The standard InChI is InChI=1S/C12H15NO2/c14-12(15)8-10(7-9-4-5-9)11-3-1-2-6-13-11/h1-3,6,9-10H,4-5,7-8H2,(H,14,15). The first-order valence-electron chi connectivity index (χ1n) is 5.38. The molecular weight excluding hydrogens is 190 g/mol. The Morgan fingerprint density at radius 3 is 2.87 bits per heavy atom. The molecule has 15 heavy (non-hydrogen) atoms. The van der Waals surface area contributed by atoms with Crippen LogP contribution in [0.4, 0.5) is 0 Å². The number of aliphatic carboxylic acids is 1. The predicted molar refractivity (Wildman–Crippen MR) is 56.6 cm³/mol. The van der Waals surface area contributed by atoms with Crippen molar-refractivity contribution in [2.45, 2.75) is 31.6 Å². The molecule has 1 N–H and O–H groups in total. The van der Waals surface area contributed by atoms with Crippen LogP contribution in [-0.2, 0) is 4.79 Å². The van der Waals surface area contributed by atoms with Gasteiger partial charge in [0.05, 0.1) is 6.42 Å². The highest BCUT2D eigenvalue weighted by molar-refractivity contribution is 5.67. The number of carboxylic acids is 1. The van der Waals surface area contributed by atoms with Gasteiger partial charge in [-0.05, 0) is 24.5 Å².